The van der Waals surface area contributed by atoms with Crippen molar-refractivity contribution in [3.05, 3.63) is 66.5 Å². The van der Waals surface area contributed by atoms with E-state index in [-0.39, 0.29) is 11.4 Å². The van der Waals surface area contributed by atoms with E-state index < -0.39 is 0 Å². The van der Waals surface area contributed by atoms with E-state index in [4.69, 9.17) is 0 Å². The molecule has 2 saturated heterocycles. The van der Waals surface area contributed by atoms with Gasteiger partial charge in [0.05, 0.1) is 0 Å². The molecule has 6 heteroatoms. The van der Waals surface area contributed by atoms with E-state index in [2.05, 4.69) is 19.9 Å². The summed E-state index contributed by atoms with van der Waals surface area (Å²) in [5.41, 5.74) is 1.05. The van der Waals surface area contributed by atoms with Crippen molar-refractivity contribution in [3.8, 4) is 11.4 Å². The lowest BCUT2D eigenvalue weighted by Gasteiger charge is -2.40. The number of hydrogen-bond acceptors (Lipinski definition) is 4. The van der Waals surface area contributed by atoms with Gasteiger partial charge in [-0.3, -0.25) is 4.79 Å². The predicted octanol–water partition coefficient (Wildman–Crippen LogP) is 2.63. The number of fused-ring (bicyclic) bond motifs is 1. The lowest BCUT2D eigenvalue weighted by atomic mass is 9.72. The third-order valence-corrected chi connectivity index (χ3v) is 5.30. The maximum Gasteiger partial charge on any atom is 0.273 e. The summed E-state index contributed by atoms with van der Waals surface area (Å²) in [5.74, 6) is 1.97. The molecule has 1 aromatic carbocycles. The molecule has 1 N–H and O–H groups in total. The van der Waals surface area contributed by atoms with Crippen LogP contribution in [0.2, 0.25) is 0 Å². The van der Waals surface area contributed by atoms with Crippen LogP contribution in [0.4, 0.5) is 0 Å². The molecule has 1 amide bonds. The molecule has 6 rings (SSSR count). The van der Waals surface area contributed by atoms with Crippen LogP contribution in [-0.4, -0.2) is 37.3 Å². The van der Waals surface area contributed by atoms with Gasteiger partial charge in [0.2, 0.25) is 0 Å². The number of H-pyrrole nitrogens is 1. The molecule has 25 heavy (non-hydrogen) atoms. The molecule has 0 spiro atoms. The van der Waals surface area contributed by atoms with E-state index in [9.17, 15) is 4.79 Å². The van der Waals surface area contributed by atoms with Crippen LogP contribution in [-0.2, 0) is 5.54 Å². The second-order valence-electron chi connectivity index (χ2n) is 6.79. The van der Waals surface area contributed by atoms with E-state index in [1.54, 1.807) is 18.5 Å². The second kappa shape index (κ2) is 5.24. The van der Waals surface area contributed by atoms with Gasteiger partial charge in [0.25, 0.3) is 5.91 Å². The average molecular weight is 331 g/mol. The highest BCUT2D eigenvalue weighted by Crippen LogP contribution is 2.56. The highest BCUT2D eigenvalue weighted by atomic mass is 16.2. The minimum atomic E-state index is -0.289. The van der Waals surface area contributed by atoms with Crippen molar-refractivity contribution in [1.82, 2.24) is 24.8 Å². The molecule has 0 radical (unpaired) electrons. The first-order valence-electron chi connectivity index (χ1n) is 8.46. The highest BCUT2D eigenvalue weighted by Gasteiger charge is 2.60. The van der Waals surface area contributed by atoms with Crippen LogP contribution in [0.1, 0.15) is 29.2 Å². The number of amides is 1. The molecule has 0 atom stereocenters. The van der Waals surface area contributed by atoms with Gasteiger partial charge >= 0.3 is 0 Å². The summed E-state index contributed by atoms with van der Waals surface area (Å²) in [6, 6.07) is 11.4. The standard InChI is InChI=1S/C19H17N5O/c25-17(15-6-7-20-16(23-15)14-4-2-1-3-5-14)24-12-13-10-19(24,11-13)18-21-8-9-22-18/h1-9,13H,10-12H2,(H,21,22). The van der Waals surface area contributed by atoms with Gasteiger partial charge in [0.15, 0.2) is 5.82 Å². The summed E-state index contributed by atoms with van der Waals surface area (Å²) in [6.45, 7) is 0.768. The zero-order valence-corrected chi connectivity index (χ0v) is 13.6. The van der Waals surface area contributed by atoms with Crippen molar-refractivity contribution < 1.29 is 4.79 Å². The van der Waals surface area contributed by atoms with Crippen molar-refractivity contribution in [2.24, 2.45) is 5.92 Å². The smallest absolute Gasteiger partial charge is 0.273 e. The summed E-state index contributed by atoms with van der Waals surface area (Å²) in [7, 11) is 0. The van der Waals surface area contributed by atoms with E-state index >= 15 is 0 Å². The number of carbonyl (C=O) groups is 1. The third-order valence-electron chi connectivity index (χ3n) is 5.30. The van der Waals surface area contributed by atoms with Gasteiger partial charge in [0.1, 0.15) is 17.1 Å². The maximum absolute atomic E-state index is 13.2. The van der Waals surface area contributed by atoms with Crippen LogP contribution in [0, 0.1) is 5.92 Å². The summed E-state index contributed by atoms with van der Waals surface area (Å²) < 4.78 is 0. The monoisotopic (exact) mass is 331 g/mol. The van der Waals surface area contributed by atoms with Crippen LogP contribution in [0.3, 0.4) is 0 Å². The minimum Gasteiger partial charge on any atom is -0.347 e. The molecule has 3 aliphatic rings. The Balaban J connectivity index is 1.49. The van der Waals surface area contributed by atoms with Gasteiger partial charge in [-0.15, -0.1) is 0 Å². The fourth-order valence-electron chi connectivity index (χ4n) is 4.14. The molecule has 1 saturated carbocycles. The van der Waals surface area contributed by atoms with Crippen molar-refractivity contribution in [1.29, 1.82) is 0 Å². The summed E-state index contributed by atoms with van der Waals surface area (Å²) in [6.07, 6.45) is 7.17. The molecule has 1 aliphatic carbocycles. The van der Waals surface area contributed by atoms with Crippen molar-refractivity contribution in [2.75, 3.05) is 6.54 Å². The van der Waals surface area contributed by atoms with Gasteiger partial charge in [-0.1, -0.05) is 30.3 Å². The van der Waals surface area contributed by atoms with Crippen molar-refractivity contribution >= 4 is 5.91 Å². The van der Waals surface area contributed by atoms with Crippen molar-refractivity contribution in [2.45, 2.75) is 18.4 Å². The number of rotatable bonds is 3. The summed E-state index contributed by atoms with van der Waals surface area (Å²) in [4.78, 5) is 31.5. The Labute approximate surface area is 145 Å². The topological polar surface area (TPSA) is 74.8 Å². The highest BCUT2D eigenvalue weighted by molar-refractivity contribution is 5.93. The lowest BCUT2D eigenvalue weighted by molar-refractivity contribution is 0.0522. The molecule has 4 heterocycles. The molecule has 3 aromatic rings. The first kappa shape index (κ1) is 14.3. The molecule has 2 aromatic heterocycles. The Morgan fingerprint density at radius 2 is 1.96 bits per heavy atom. The number of hydrogen-bond donors (Lipinski definition) is 1. The Bertz CT molecular complexity index is 916. The minimum absolute atomic E-state index is 0.0454. The first-order chi connectivity index (χ1) is 12.3. The van der Waals surface area contributed by atoms with E-state index in [1.807, 2.05) is 41.4 Å². The van der Waals surface area contributed by atoms with Gasteiger partial charge in [-0.25, -0.2) is 15.0 Å². The normalized spacial score (nSPS) is 24.2. The molecule has 3 fully saturated rings. The number of benzene rings is 1. The largest absolute Gasteiger partial charge is 0.347 e. The maximum atomic E-state index is 13.2. The van der Waals surface area contributed by atoms with Crippen LogP contribution in [0.15, 0.2) is 55.0 Å². The summed E-state index contributed by atoms with van der Waals surface area (Å²) >= 11 is 0. The average Bonchev–Trinajstić information content (AvgIpc) is 3.36. The fraction of sp³-hybridized carbons (Fsp3) is 0.263. The predicted molar refractivity (Wildman–Crippen MR) is 91.5 cm³/mol. The number of aromatic nitrogens is 4. The quantitative estimate of drug-likeness (QED) is 0.800. The van der Waals surface area contributed by atoms with Crippen molar-refractivity contribution in [3.63, 3.8) is 0 Å². The number of nitrogens with one attached hydrogen (secondary N) is 1. The fourth-order valence-corrected chi connectivity index (χ4v) is 4.14. The third kappa shape index (κ3) is 2.10. The van der Waals surface area contributed by atoms with Crippen LogP contribution >= 0.6 is 0 Å². The van der Waals surface area contributed by atoms with Crippen LogP contribution < -0.4 is 0 Å². The Kier molecular flexibility index (Phi) is 3.00. The molecule has 124 valence electrons. The van der Waals surface area contributed by atoms with Gasteiger partial charge in [-0.2, -0.15) is 0 Å². The van der Waals surface area contributed by atoms with E-state index in [0.29, 0.717) is 17.4 Å². The van der Waals surface area contributed by atoms with Gasteiger partial charge in [-0.05, 0) is 24.8 Å². The van der Waals surface area contributed by atoms with Gasteiger partial charge in [0, 0.05) is 30.7 Å². The number of nitrogens with zero attached hydrogens (tertiary/aromatic N) is 4. The van der Waals surface area contributed by atoms with Gasteiger partial charge < -0.3 is 9.88 Å². The zero-order valence-electron chi connectivity index (χ0n) is 13.6. The Morgan fingerprint density at radius 3 is 2.72 bits per heavy atom. The Hall–Kier alpha value is -3.02. The summed E-state index contributed by atoms with van der Waals surface area (Å²) in [5, 5.41) is 0. The SMILES string of the molecule is O=C(c1ccnc(-c2ccccc2)n1)N1CC2CC1(c1ncc[nH]1)C2. The number of aromatic amines is 1. The molecular formula is C19H17N5O. The lowest BCUT2D eigenvalue weighted by Crippen LogP contribution is -2.46. The molecule has 2 bridgehead atoms. The van der Waals surface area contributed by atoms with E-state index in [1.165, 1.54) is 0 Å². The second-order valence-corrected chi connectivity index (χ2v) is 6.79. The zero-order chi connectivity index (χ0) is 16.9. The number of imidazole rings is 1. The molecule has 0 unspecified atom stereocenters. The van der Waals surface area contributed by atoms with Crippen LogP contribution in [0.5, 0.6) is 0 Å². The number of carbonyl (C=O) groups excluding carboxylic acids is 1. The van der Waals surface area contributed by atoms with Crippen LogP contribution in [0.25, 0.3) is 11.4 Å². The Morgan fingerprint density at radius 1 is 1.12 bits per heavy atom. The van der Waals surface area contributed by atoms with E-state index in [0.717, 1.165) is 30.8 Å². The molecule has 2 aliphatic heterocycles. The molecular weight excluding hydrogens is 314 g/mol. The molecule has 6 nitrogen and oxygen atoms in total. The first-order valence-corrected chi connectivity index (χ1v) is 8.46.